The Morgan fingerprint density at radius 3 is 2.90 bits per heavy atom. The van der Waals surface area contributed by atoms with Gasteiger partial charge in [0.25, 0.3) is 0 Å². The summed E-state index contributed by atoms with van der Waals surface area (Å²) in [7, 11) is 1.80. The summed E-state index contributed by atoms with van der Waals surface area (Å²) in [4.78, 5) is 14.8. The first-order chi connectivity index (χ1) is 10.1. The fraction of sp³-hybridized carbons (Fsp3) is 0.357. The molecule has 0 atom stereocenters. The molecule has 0 amide bonds. The second kappa shape index (κ2) is 6.85. The number of aromatic nitrogens is 2. The summed E-state index contributed by atoms with van der Waals surface area (Å²) in [6, 6.07) is 5.00. The summed E-state index contributed by atoms with van der Waals surface area (Å²) in [5, 5.41) is 14.1. The van der Waals surface area contributed by atoms with E-state index >= 15 is 0 Å². The van der Waals surface area contributed by atoms with E-state index in [1.807, 2.05) is 23.8 Å². The van der Waals surface area contributed by atoms with Crippen molar-refractivity contribution in [3.05, 3.63) is 52.1 Å². The topological polar surface area (TPSA) is 82.2 Å². The Bertz CT molecular complexity index is 624. The molecule has 0 aliphatic carbocycles. The van der Waals surface area contributed by atoms with Gasteiger partial charge in [0.2, 0.25) is 0 Å². The Kier molecular flexibility index (Phi) is 4.89. The fourth-order valence-corrected chi connectivity index (χ4v) is 2.04. The Morgan fingerprint density at radius 2 is 2.29 bits per heavy atom. The van der Waals surface area contributed by atoms with Crippen LogP contribution >= 0.6 is 0 Å². The van der Waals surface area contributed by atoms with Gasteiger partial charge >= 0.3 is 5.69 Å². The third kappa shape index (κ3) is 3.79. The first kappa shape index (κ1) is 15.0. The summed E-state index contributed by atoms with van der Waals surface area (Å²) in [5.74, 6) is 1.18. The number of hydrogen-bond donors (Lipinski definition) is 1. The maximum Gasteiger partial charge on any atom is 0.311 e. The Hall–Kier alpha value is -2.41. The van der Waals surface area contributed by atoms with Crippen LogP contribution in [0.2, 0.25) is 0 Å². The maximum atomic E-state index is 11.1. The number of ether oxygens (including phenoxy) is 1. The molecule has 0 aliphatic rings. The molecule has 0 bridgehead atoms. The fourth-order valence-electron chi connectivity index (χ4n) is 2.04. The molecule has 0 radical (unpaired) electrons. The number of rotatable bonds is 7. The highest BCUT2D eigenvalue weighted by Crippen LogP contribution is 2.28. The average molecular weight is 290 g/mol. The van der Waals surface area contributed by atoms with Crippen molar-refractivity contribution in [3.8, 4) is 5.75 Å². The van der Waals surface area contributed by atoms with Crippen LogP contribution in [0.3, 0.4) is 0 Å². The molecule has 0 spiro atoms. The van der Waals surface area contributed by atoms with Gasteiger partial charge in [-0.2, -0.15) is 0 Å². The second-order valence-electron chi connectivity index (χ2n) is 4.61. The van der Waals surface area contributed by atoms with E-state index in [9.17, 15) is 10.1 Å². The van der Waals surface area contributed by atoms with Crippen LogP contribution in [0.4, 0.5) is 5.69 Å². The molecule has 7 nitrogen and oxygen atoms in total. The number of nitrogens with zero attached hydrogens (tertiary/aromatic N) is 3. The minimum atomic E-state index is -0.420. The minimum Gasteiger partial charge on any atom is -0.485 e. The van der Waals surface area contributed by atoms with E-state index in [0.29, 0.717) is 19.7 Å². The maximum absolute atomic E-state index is 11.1. The van der Waals surface area contributed by atoms with Crippen LogP contribution in [-0.2, 0) is 13.1 Å². The number of nitro groups is 1. The summed E-state index contributed by atoms with van der Waals surface area (Å²) in [6.45, 7) is 3.43. The van der Waals surface area contributed by atoms with Crippen LogP contribution in [0.5, 0.6) is 5.75 Å². The lowest BCUT2D eigenvalue weighted by Crippen LogP contribution is -2.10. The molecule has 1 aromatic heterocycles. The average Bonchev–Trinajstić information content (AvgIpc) is 2.86. The van der Waals surface area contributed by atoms with Crippen molar-refractivity contribution in [2.24, 2.45) is 0 Å². The van der Waals surface area contributed by atoms with Crippen LogP contribution in [0.25, 0.3) is 0 Å². The first-order valence-corrected chi connectivity index (χ1v) is 6.64. The van der Waals surface area contributed by atoms with Crippen LogP contribution in [-0.4, -0.2) is 28.1 Å². The predicted molar refractivity (Wildman–Crippen MR) is 78.3 cm³/mol. The number of nitrogens with one attached hydrogen (secondary N) is 1. The first-order valence-electron chi connectivity index (χ1n) is 6.64. The minimum absolute atomic E-state index is 0.00916. The van der Waals surface area contributed by atoms with Gasteiger partial charge in [-0.25, -0.2) is 4.98 Å². The van der Waals surface area contributed by atoms with E-state index in [1.54, 1.807) is 19.3 Å². The standard InChI is InChI=1S/C14H18N4O3/c1-11-16-5-6-17(11)7-8-21-14-4-3-12(10-15-2)9-13(14)18(19)20/h3-6,9,15H,7-8,10H2,1-2H3. The van der Waals surface area contributed by atoms with E-state index < -0.39 is 4.92 Å². The summed E-state index contributed by atoms with van der Waals surface area (Å²) in [5.41, 5.74) is 0.840. The highest BCUT2D eigenvalue weighted by Gasteiger charge is 2.15. The SMILES string of the molecule is CNCc1ccc(OCCn2ccnc2C)c([N+](=O)[O-])c1. The summed E-state index contributed by atoms with van der Waals surface area (Å²) >= 11 is 0. The zero-order valence-electron chi connectivity index (χ0n) is 12.1. The van der Waals surface area contributed by atoms with Crippen molar-refractivity contribution in [2.45, 2.75) is 20.0 Å². The lowest BCUT2D eigenvalue weighted by molar-refractivity contribution is -0.385. The van der Waals surface area contributed by atoms with Gasteiger partial charge in [-0.1, -0.05) is 6.07 Å². The highest BCUT2D eigenvalue weighted by atomic mass is 16.6. The van der Waals surface area contributed by atoms with E-state index in [4.69, 9.17) is 4.74 Å². The Balaban J connectivity index is 2.05. The van der Waals surface area contributed by atoms with Crippen molar-refractivity contribution in [1.82, 2.24) is 14.9 Å². The van der Waals surface area contributed by atoms with E-state index in [0.717, 1.165) is 11.4 Å². The lowest BCUT2D eigenvalue weighted by atomic mass is 10.2. The molecule has 2 rings (SSSR count). The smallest absolute Gasteiger partial charge is 0.311 e. The molecule has 112 valence electrons. The van der Waals surface area contributed by atoms with E-state index in [-0.39, 0.29) is 11.4 Å². The largest absolute Gasteiger partial charge is 0.485 e. The van der Waals surface area contributed by atoms with Gasteiger partial charge in [0.1, 0.15) is 12.4 Å². The van der Waals surface area contributed by atoms with Crippen LogP contribution in [0.1, 0.15) is 11.4 Å². The quantitative estimate of drug-likeness (QED) is 0.622. The Labute approximate surface area is 122 Å². The monoisotopic (exact) mass is 290 g/mol. The van der Waals surface area contributed by atoms with Crippen molar-refractivity contribution in [3.63, 3.8) is 0 Å². The number of nitro benzene ring substituents is 1. The van der Waals surface area contributed by atoms with Gasteiger partial charge in [-0.15, -0.1) is 0 Å². The zero-order valence-corrected chi connectivity index (χ0v) is 12.1. The summed E-state index contributed by atoms with van der Waals surface area (Å²) in [6.07, 6.45) is 3.56. The van der Waals surface area contributed by atoms with Crippen molar-refractivity contribution < 1.29 is 9.66 Å². The number of hydrogen-bond acceptors (Lipinski definition) is 5. The van der Waals surface area contributed by atoms with E-state index in [2.05, 4.69) is 10.3 Å². The van der Waals surface area contributed by atoms with Gasteiger partial charge in [0, 0.05) is 25.0 Å². The number of imidazole rings is 1. The molecule has 1 N–H and O–H groups in total. The van der Waals surface area contributed by atoms with Gasteiger partial charge < -0.3 is 14.6 Å². The van der Waals surface area contributed by atoms with Crippen molar-refractivity contribution in [1.29, 1.82) is 0 Å². The molecule has 7 heteroatoms. The van der Waals surface area contributed by atoms with Gasteiger partial charge in [0.15, 0.2) is 5.75 Å². The van der Waals surface area contributed by atoms with Gasteiger partial charge in [0.05, 0.1) is 11.5 Å². The van der Waals surface area contributed by atoms with Crippen LogP contribution in [0.15, 0.2) is 30.6 Å². The molecule has 21 heavy (non-hydrogen) atoms. The molecule has 0 fully saturated rings. The number of benzene rings is 1. The molecular weight excluding hydrogens is 272 g/mol. The van der Waals surface area contributed by atoms with Crippen molar-refractivity contribution in [2.75, 3.05) is 13.7 Å². The predicted octanol–water partition coefficient (Wildman–Crippen LogP) is 1.90. The normalized spacial score (nSPS) is 10.6. The molecular formula is C14H18N4O3. The molecule has 1 aromatic carbocycles. The molecule has 1 heterocycles. The molecule has 0 unspecified atom stereocenters. The zero-order chi connectivity index (χ0) is 15.2. The van der Waals surface area contributed by atoms with Crippen LogP contribution in [0, 0.1) is 17.0 Å². The third-order valence-corrected chi connectivity index (χ3v) is 3.11. The van der Waals surface area contributed by atoms with Crippen molar-refractivity contribution >= 4 is 5.69 Å². The van der Waals surface area contributed by atoms with Gasteiger partial charge in [-0.3, -0.25) is 10.1 Å². The lowest BCUT2D eigenvalue weighted by Gasteiger charge is -2.09. The molecule has 0 saturated carbocycles. The summed E-state index contributed by atoms with van der Waals surface area (Å²) < 4.78 is 7.48. The van der Waals surface area contributed by atoms with Gasteiger partial charge in [-0.05, 0) is 25.6 Å². The highest BCUT2D eigenvalue weighted by molar-refractivity contribution is 5.48. The molecule has 2 aromatic rings. The van der Waals surface area contributed by atoms with E-state index in [1.165, 1.54) is 6.07 Å². The molecule has 0 saturated heterocycles. The molecule has 0 aliphatic heterocycles. The Morgan fingerprint density at radius 1 is 1.48 bits per heavy atom. The third-order valence-electron chi connectivity index (χ3n) is 3.11. The second-order valence-corrected chi connectivity index (χ2v) is 4.61. The number of aryl methyl sites for hydroxylation is 1. The van der Waals surface area contributed by atoms with Crippen LogP contribution < -0.4 is 10.1 Å².